The Hall–Kier alpha value is -2.04. The van der Waals surface area contributed by atoms with Crippen molar-refractivity contribution in [1.82, 2.24) is 5.32 Å². The standard InChI is InChI=1S/C15H19NO4/c1-19-12-7-4-3-6-11(12)15(8-5-9-15)14(18)16-10-13(17)20-2/h3-4,6-7H,5,8-10H2,1-2H3,(H,16,18). The first-order valence-electron chi connectivity index (χ1n) is 6.62. The minimum atomic E-state index is -0.583. The molecule has 0 aromatic heterocycles. The molecule has 1 N–H and O–H groups in total. The van der Waals surface area contributed by atoms with Crippen molar-refractivity contribution < 1.29 is 19.1 Å². The SMILES string of the molecule is COC(=O)CNC(=O)C1(c2ccccc2OC)CCC1. The zero-order chi connectivity index (χ0) is 14.6. The number of carbonyl (C=O) groups excluding carboxylic acids is 2. The van der Waals surface area contributed by atoms with Crippen molar-refractivity contribution in [1.29, 1.82) is 0 Å². The molecule has 1 aliphatic carbocycles. The van der Waals surface area contributed by atoms with Crippen molar-refractivity contribution in [2.75, 3.05) is 20.8 Å². The van der Waals surface area contributed by atoms with Gasteiger partial charge in [-0.15, -0.1) is 0 Å². The van der Waals surface area contributed by atoms with Crippen molar-refractivity contribution in [2.45, 2.75) is 24.7 Å². The first-order chi connectivity index (χ1) is 9.64. The Balaban J connectivity index is 2.21. The third kappa shape index (κ3) is 2.48. The van der Waals surface area contributed by atoms with E-state index in [2.05, 4.69) is 10.1 Å². The van der Waals surface area contributed by atoms with Crippen LogP contribution in [0.4, 0.5) is 0 Å². The second-order valence-corrected chi connectivity index (χ2v) is 4.89. The maximum absolute atomic E-state index is 12.5. The Morgan fingerprint density at radius 1 is 1.25 bits per heavy atom. The zero-order valence-electron chi connectivity index (χ0n) is 11.8. The maximum Gasteiger partial charge on any atom is 0.325 e. The number of ether oxygens (including phenoxy) is 2. The second-order valence-electron chi connectivity index (χ2n) is 4.89. The molecule has 0 radical (unpaired) electrons. The molecule has 0 saturated heterocycles. The summed E-state index contributed by atoms with van der Waals surface area (Å²) >= 11 is 0. The average molecular weight is 277 g/mol. The third-order valence-corrected chi connectivity index (χ3v) is 3.89. The molecule has 0 spiro atoms. The lowest BCUT2D eigenvalue weighted by molar-refractivity contribution is -0.142. The second kappa shape index (κ2) is 5.94. The van der Waals surface area contributed by atoms with Gasteiger partial charge in [0.05, 0.1) is 19.6 Å². The highest BCUT2D eigenvalue weighted by Gasteiger charge is 2.47. The molecule has 108 valence electrons. The van der Waals surface area contributed by atoms with Crippen molar-refractivity contribution in [3.8, 4) is 5.75 Å². The van der Waals surface area contributed by atoms with E-state index >= 15 is 0 Å². The maximum atomic E-state index is 12.5. The van der Waals surface area contributed by atoms with Gasteiger partial charge in [0.15, 0.2) is 0 Å². The summed E-state index contributed by atoms with van der Waals surface area (Å²) < 4.78 is 9.89. The molecule has 1 aromatic carbocycles. The quantitative estimate of drug-likeness (QED) is 0.826. The molecular weight excluding hydrogens is 258 g/mol. The van der Waals surface area contributed by atoms with Crippen LogP contribution in [0.5, 0.6) is 5.75 Å². The van der Waals surface area contributed by atoms with Gasteiger partial charge in [0.25, 0.3) is 0 Å². The van der Waals surface area contributed by atoms with Crippen LogP contribution in [0.2, 0.25) is 0 Å². The number of benzene rings is 1. The van der Waals surface area contributed by atoms with Crippen molar-refractivity contribution >= 4 is 11.9 Å². The van der Waals surface area contributed by atoms with Gasteiger partial charge < -0.3 is 14.8 Å². The molecule has 5 nitrogen and oxygen atoms in total. The third-order valence-electron chi connectivity index (χ3n) is 3.89. The Kier molecular flexibility index (Phi) is 4.27. The highest BCUT2D eigenvalue weighted by molar-refractivity contribution is 5.92. The molecular formula is C15H19NO4. The number of para-hydroxylation sites is 1. The lowest BCUT2D eigenvalue weighted by Gasteiger charge is -2.41. The van der Waals surface area contributed by atoms with E-state index in [1.807, 2.05) is 24.3 Å². The van der Waals surface area contributed by atoms with Gasteiger partial charge in [-0.2, -0.15) is 0 Å². The highest BCUT2D eigenvalue weighted by atomic mass is 16.5. The Bertz CT molecular complexity index is 508. The number of hydrogen-bond acceptors (Lipinski definition) is 4. The van der Waals surface area contributed by atoms with Crippen molar-refractivity contribution in [3.63, 3.8) is 0 Å². The van der Waals surface area contributed by atoms with Gasteiger partial charge in [0.2, 0.25) is 5.91 Å². The number of hydrogen-bond donors (Lipinski definition) is 1. The zero-order valence-corrected chi connectivity index (χ0v) is 11.8. The minimum Gasteiger partial charge on any atom is -0.496 e. The number of methoxy groups -OCH3 is 2. The number of amides is 1. The Labute approximate surface area is 118 Å². The summed E-state index contributed by atoms with van der Waals surface area (Å²) in [6, 6.07) is 7.53. The van der Waals surface area contributed by atoms with Gasteiger partial charge in [-0.05, 0) is 18.9 Å². The van der Waals surface area contributed by atoms with E-state index < -0.39 is 11.4 Å². The molecule has 5 heteroatoms. The van der Waals surface area contributed by atoms with Crippen LogP contribution < -0.4 is 10.1 Å². The van der Waals surface area contributed by atoms with E-state index in [0.717, 1.165) is 24.8 Å². The molecule has 0 atom stereocenters. The molecule has 1 aromatic rings. The normalized spacial score (nSPS) is 15.9. The lowest BCUT2D eigenvalue weighted by atomic mass is 9.63. The molecule has 1 fully saturated rings. The van der Waals surface area contributed by atoms with E-state index in [4.69, 9.17) is 4.74 Å². The smallest absolute Gasteiger partial charge is 0.325 e. The summed E-state index contributed by atoms with van der Waals surface area (Å²) in [5.41, 5.74) is 0.303. The summed E-state index contributed by atoms with van der Waals surface area (Å²) in [4.78, 5) is 23.6. The van der Waals surface area contributed by atoms with Crippen LogP contribution in [0.15, 0.2) is 24.3 Å². The molecule has 0 unspecified atom stereocenters. The van der Waals surface area contributed by atoms with Crippen molar-refractivity contribution in [2.24, 2.45) is 0 Å². The first-order valence-corrected chi connectivity index (χ1v) is 6.62. The fourth-order valence-corrected chi connectivity index (χ4v) is 2.58. The molecule has 1 saturated carbocycles. The lowest BCUT2D eigenvalue weighted by Crippen LogP contribution is -2.50. The number of carbonyl (C=O) groups is 2. The van der Waals surface area contributed by atoms with E-state index in [1.165, 1.54) is 7.11 Å². The summed E-state index contributed by atoms with van der Waals surface area (Å²) in [5.74, 6) is 0.118. The van der Waals surface area contributed by atoms with Gasteiger partial charge in [-0.3, -0.25) is 9.59 Å². The molecule has 2 rings (SSSR count). The Morgan fingerprint density at radius 2 is 1.95 bits per heavy atom. The predicted octanol–water partition coefficient (Wildman–Crippen LogP) is 1.41. The summed E-state index contributed by atoms with van der Waals surface area (Å²) in [5, 5.41) is 2.66. The summed E-state index contributed by atoms with van der Waals surface area (Å²) in [6.45, 7) is -0.105. The van der Waals surface area contributed by atoms with Gasteiger partial charge in [0, 0.05) is 5.56 Å². The Morgan fingerprint density at radius 3 is 2.50 bits per heavy atom. The summed E-state index contributed by atoms with van der Waals surface area (Å²) in [6.07, 6.45) is 2.52. The van der Waals surface area contributed by atoms with Crippen LogP contribution >= 0.6 is 0 Å². The average Bonchev–Trinajstić information content (AvgIpc) is 2.44. The topological polar surface area (TPSA) is 64.6 Å². The van der Waals surface area contributed by atoms with Crippen LogP contribution in [0.1, 0.15) is 24.8 Å². The largest absolute Gasteiger partial charge is 0.496 e. The van der Waals surface area contributed by atoms with Crippen LogP contribution in [0.25, 0.3) is 0 Å². The van der Waals surface area contributed by atoms with Crippen LogP contribution in [-0.4, -0.2) is 32.6 Å². The van der Waals surface area contributed by atoms with Crippen LogP contribution in [0, 0.1) is 0 Å². The summed E-state index contributed by atoms with van der Waals surface area (Å²) in [7, 11) is 2.89. The predicted molar refractivity (Wildman–Crippen MR) is 73.5 cm³/mol. The van der Waals surface area contributed by atoms with Crippen molar-refractivity contribution in [3.05, 3.63) is 29.8 Å². The molecule has 1 aliphatic rings. The van der Waals surface area contributed by atoms with Gasteiger partial charge >= 0.3 is 5.97 Å². The highest BCUT2D eigenvalue weighted by Crippen LogP contribution is 2.47. The van der Waals surface area contributed by atoms with Crippen LogP contribution in [0.3, 0.4) is 0 Å². The number of rotatable bonds is 5. The fraction of sp³-hybridized carbons (Fsp3) is 0.467. The van der Waals surface area contributed by atoms with E-state index in [9.17, 15) is 9.59 Å². The van der Waals surface area contributed by atoms with Gasteiger partial charge in [-0.25, -0.2) is 0 Å². The number of esters is 1. The number of nitrogens with one attached hydrogen (secondary N) is 1. The monoisotopic (exact) mass is 277 g/mol. The molecule has 0 heterocycles. The van der Waals surface area contributed by atoms with E-state index in [-0.39, 0.29) is 12.5 Å². The van der Waals surface area contributed by atoms with Gasteiger partial charge in [0.1, 0.15) is 12.3 Å². The minimum absolute atomic E-state index is 0.105. The molecule has 1 amide bonds. The van der Waals surface area contributed by atoms with E-state index in [1.54, 1.807) is 7.11 Å². The molecule has 0 aliphatic heterocycles. The van der Waals surface area contributed by atoms with E-state index in [0.29, 0.717) is 5.75 Å². The molecule has 20 heavy (non-hydrogen) atoms. The first kappa shape index (κ1) is 14.4. The van der Waals surface area contributed by atoms with Crippen LogP contribution in [-0.2, 0) is 19.7 Å². The van der Waals surface area contributed by atoms with Gasteiger partial charge in [-0.1, -0.05) is 24.6 Å². The fourth-order valence-electron chi connectivity index (χ4n) is 2.58. The molecule has 0 bridgehead atoms.